The zero-order valence-corrected chi connectivity index (χ0v) is 35.7. The van der Waals surface area contributed by atoms with E-state index in [1.165, 1.54) is 14.0 Å². The first-order valence-electron chi connectivity index (χ1n) is 21.5. The Morgan fingerprint density at radius 1 is 0.655 bits per heavy atom. The van der Waals surface area contributed by atoms with E-state index in [2.05, 4.69) is 6.92 Å². The van der Waals surface area contributed by atoms with Crippen molar-refractivity contribution in [2.24, 2.45) is 22.7 Å². The highest BCUT2D eigenvalue weighted by Crippen LogP contribution is 2.71. The molecule has 6 N–H and O–H groups in total. The minimum atomic E-state index is -1.92. The summed E-state index contributed by atoms with van der Waals surface area (Å²) in [6.07, 6.45) is -6.19. The molecule has 7 aliphatic rings. The predicted molar refractivity (Wildman–Crippen MR) is 203 cm³/mol. The first-order valence-corrected chi connectivity index (χ1v) is 21.5. The molecule has 4 aliphatic carbocycles. The molecule has 0 aromatic rings. The minimum absolute atomic E-state index is 0.00790. The summed E-state index contributed by atoms with van der Waals surface area (Å²) in [5.74, 6) is -0.780. The Bertz CT molecular complexity index is 1470. The maximum absolute atomic E-state index is 12.8. The Hall–Kier alpha value is -0.930. The standard InChI is InChI=1S/C42H70O16/c1-20-32(45)36(52-9)33(46)37(55-20)58-35-22(3)54-31(18-27(35)51-8)57-34-21(2)53-30(17-26(34)50-7)56-25-11-12-38(5)24(16-25)10-13-41(48)28(38)19-29(44)39(6)40(47,23(4)43)14-15-42(39,41)49/h20-22,24-37,44-49H,10-19H2,1-9H3/t20-,21-,22-,24+,25+,26+,27+,28-,29-,30+,31+,32-,33-,34-,35-,36-,37+,38+,39-,40-,41+,42-/m1/s1. The third-order valence-corrected chi connectivity index (χ3v) is 16.6. The molecule has 3 saturated heterocycles. The van der Waals surface area contributed by atoms with Gasteiger partial charge in [0.1, 0.15) is 41.7 Å². The second kappa shape index (κ2) is 16.3. The van der Waals surface area contributed by atoms with Crippen molar-refractivity contribution >= 4 is 5.78 Å². The van der Waals surface area contributed by atoms with Crippen molar-refractivity contribution in [2.75, 3.05) is 21.3 Å². The zero-order valence-electron chi connectivity index (χ0n) is 35.7. The van der Waals surface area contributed by atoms with E-state index in [0.29, 0.717) is 38.5 Å². The van der Waals surface area contributed by atoms with Gasteiger partial charge in [-0.25, -0.2) is 0 Å². The molecule has 0 bridgehead atoms. The van der Waals surface area contributed by atoms with Crippen LogP contribution in [0.1, 0.15) is 106 Å². The lowest BCUT2D eigenvalue weighted by molar-refractivity contribution is -0.352. The molecule has 4 saturated carbocycles. The number of aliphatic hydroxyl groups excluding tert-OH is 3. The molecule has 3 aliphatic heterocycles. The number of aliphatic hydroxyl groups is 6. The minimum Gasteiger partial charge on any atom is -0.392 e. The zero-order chi connectivity index (χ0) is 42.3. The highest BCUT2D eigenvalue weighted by atomic mass is 16.8. The summed E-state index contributed by atoms with van der Waals surface area (Å²) in [5.41, 5.74) is -7.31. The van der Waals surface area contributed by atoms with E-state index in [1.54, 1.807) is 28.1 Å². The summed E-state index contributed by atoms with van der Waals surface area (Å²) in [7, 11) is 4.63. The summed E-state index contributed by atoms with van der Waals surface area (Å²) >= 11 is 0. The highest BCUT2D eigenvalue weighted by Gasteiger charge is 2.81. The Morgan fingerprint density at radius 3 is 1.84 bits per heavy atom. The fourth-order valence-corrected chi connectivity index (χ4v) is 12.9. The van der Waals surface area contributed by atoms with Crippen LogP contribution in [0.4, 0.5) is 0 Å². The van der Waals surface area contributed by atoms with E-state index in [9.17, 15) is 35.4 Å². The molecule has 16 nitrogen and oxygen atoms in total. The second-order valence-electron chi connectivity index (χ2n) is 19.1. The molecule has 16 heteroatoms. The number of methoxy groups -OCH3 is 3. The predicted octanol–water partition coefficient (Wildman–Crippen LogP) is 1.49. The van der Waals surface area contributed by atoms with Crippen LogP contribution in [0.5, 0.6) is 0 Å². The van der Waals surface area contributed by atoms with Crippen LogP contribution < -0.4 is 0 Å². The first-order chi connectivity index (χ1) is 27.2. The third-order valence-electron chi connectivity index (χ3n) is 16.6. The van der Waals surface area contributed by atoms with Crippen molar-refractivity contribution < 1.29 is 78.1 Å². The topological polar surface area (TPSA) is 222 Å². The van der Waals surface area contributed by atoms with E-state index in [1.807, 2.05) is 13.8 Å². The van der Waals surface area contributed by atoms with Gasteiger partial charge >= 0.3 is 0 Å². The van der Waals surface area contributed by atoms with Crippen molar-refractivity contribution in [1.29, 1.82) is 0 Å². The average molecular weight is 831 g/mol. The number of carbonyl (C=O) groups excluding carboxylic acids is 1. The molecule has 58 heavy (non-hydrogen) atoms. The largest absolute Gasteiger partial charge is 0.392 e. The summed E-state index contributed by atoms with van der Waals surface area (Å²) in [5, 5.41) is 69.4. The molecular formula is C42H70O16. The molecule has 334 valence electrons. The number of ketones is 1. The summed E-state index contributed by atoms with van der Waals surface area (Å²) in [6, 6.07) is 0. The molecule has 3 heterocycles. The van der Waals surface area contributed by atoms with Crippen molar-refractivity contribution in [2.45, 2.75) is 215 Å². The molecule has 0 spiro atoms. The van der Waals surface area contributed by atoms with Gasteiger partial charge in [0.15, 0.2) is 24.7 Å². The number of rotatable bonds is 10. The van der Waals surface area contributed by atoms with Crippen LogP contribution in [0.25, 0.3) is 0 Å². The molecule has 22 atom stereocenters. The van der Waals surface area contributed by atoms with E-state index < -0.39 is 119 Å². The monoisotopic (exact) mass is 830 g/mol. The lowest BCUT2D eigenvalue weighted by Crippen LogP contribution is -2.78. The fraction of sp³-hybridized carbons (Fsp3) is 0.976. The van der Waals surface area contributed by atoms with Crippen molar-refractivity contribution in [3.63, 3.8) is 0 Å². The molecule has 7 rings (SSSR count). The van der Waals surface area contributed by atoms with Gasteiger partial charge in [0, 0.05) is 34.2 Å². The third kappa shape index (κ3) is 6.87. The number of hydrogen-bond donors (Lipinski definition) is 6. The van der Waals surface area contributed by atoms with Crippen LogP contribution >= 0.6 is 0 Å². The fourth-order valence-electron chi connectivity index (χ4n) is 12.9. The van der Waals surface area contributed by atoms with E-state index in [-0.39, 0.29) is 37.4 Å². The Morgan fingerprint density at radius 2 is 1.26 bits per heavy atom. The van der Waals surface area contributed by atoms with Crippen LogP contribution in [-0.4, -0.2) is 167 Å². The molecule has 0 aromatic carbocycles. The van der Waals surface area contributed by atoms with Gasteiger partial charge < -0.3 is 73.3 Å². The van der Waals surface area contributed by atoms with Crippen LogP contribution in [0.2, 0.25) is 0 Å². The van der Waals surface area contributed by atoms with Crippen LogP contribution in [-0.2, 0) is 47.4 Å². The number of ether oxygens (including phenoxy) is 9. The highest BCUT2D eigenvalue weighted by molar-refractivity contribution is 5.87. The van der Waals surface area contributed by atoms with Crippen molar-refractivity contribution in [1.82, 2.24) is 0 Å². The van der Waals surface area contributed by atoms with Crippen LogP contribution in [0.3, 0.4) is 0 Å². The lowest BCUT2D eigenvalue weighted by atomic mass is 9.40. The molecule has 0 unspecified atom stereocenters. The van der Waals surface area contributed by atoms with E-state index in [4.69, 9.17) is 42.6 Å². The second-order valence-corrected chi connectivity index (χ2v) is 19.1. The van der Waals surface area contributed by atoms with Gasteiger partial charge in [0.2, 0.25) is 0 Å². The van der Waals surface area contributed by atoms with E-state index >= 15 is 0 Å². The molecule has 7 fully saturated rings. The van der Waals surface area contributed by atoms with Crippen molar-refractivity contribution in [3.8, 4) is 0 Å². The smallest absolute Gasteiger partial charge is 0.187 e. The van der Waals surface area contributed by atoms with Gasteiger partial charge in [0.25, 0.3) is 0 Å². The normalized spacial score (nSPS) is 55.9. The average Bonchev–Trinajstić information content (AvgIpc) is 3.41. The maximum Gasteiger partial charge on any atom is 0.187 e. The Kier molecular flexibility index (Phi) is 12.7. The molecule has 0 aromatic heterocycles. The maximum atomic E-state index is 12.8. The van der Waals surface area contributed by atoms with Gasteiger partial charge in [-0.2, -0.15) is 0 Å². The van der Waals surface area contributed by atoms with E-state index in [0.717, 1.165) is 6.42 Å². The molecular weight excluding hydrogens is 760 g/mol. The van der Waals surface area contributed by atoms with Crippen LogP contribution in [0.15, 0.2) is 0 Å². The molecule has 0 radical (unpaired) electrons. The summed E-state index contributed by atoms with van der Waals surface area (Å²) < 4.78 is 55.1. The Balaban J connectivity index is 0.954. The van der Waals surface area contributed by atoms with Gasteiger partial charge in [-0.3, -0.25) is 4.79 Å². The van der Waals surface area contributed by atoms with Gasteiger partial charge in [-0.1, -0.05) is 13.8 Å². The lowest BCUT2D eigenvalue weighted by Gasteiger charge is -2.68. The van der Waals surface area contributed by atoms with Crippen molar-refractivity contribution in [3.05, 3.63) is 0 Å². The number of hydrogen-bond acceptors (Lipinski definition) is 16. The Labute approximate surface area is 342 Å². The first kappa shape index (κ1) is 45.1. The van der Waals surface area contributed by atoms with Gasteiger partial charge in [-0.15, -0.1) is 0 Å². The summed E-state index contributed by atoms with van der Waals surface area (Å²) in [6.45, 7) is 10.5. The van der Waals surface area contributed by atoms with Crippen LogP contribution in [0, 0.1) is 22.7 Å². The molecule has 0 amide bonds. The number of carbonyl (C=O) groups is 1. The number of fused-ring (bicyclic) bond motifs is 5. The van der Waals surface area contributed by atoms with Gasteiger partial charge in [0.05, 0.1) is 53.7 Å². The SMILES string of the molecule is CO[C@H]1[C@@H](O)[C@H](O[C@H]2[C@@H](OC)C[C@H](O[C@H]3[C@@H](OC)C[C@H](O[C@H]4CC[C@@]5(C)[C@@H](CC[C@]6(O)[C@@H]5C[C@@H](O)[C@@]5(C)[C@]6(O)CC[C@@]5(O)C(C)=O)C4)O[C@@H]3C)O[C@@H]2C)O[C@H](C)[C@H]1O. The van der Waals surface area contributed by atoms with Gasteiger partial charge in [-0.05, 0) is 96.3 Å². The quantitative estimate of drug-likeness (QED) is 0.172. The summed E-state index contributed by atoms with van der Waals surface area (Å²) in [4.78, 5) is 12.8. The number of Topliss-reactive ketones (excluding diaryl/α,β-unsaturated/α-hetero) is 1.